The third kappa shape index (κ3) is 3.21. The van der Waals surface area contributed by atoms with Crippen molar-refractivity contribution < 1.29 is 13.3 Å². The molecule has 106 valence electrons. The van der Waals surface area contributed by atoms with E-state index in [1.54, 1.807) is 6.92 Å². The molecular weight excluding hydrogens is 270 g/mol. The summed E-state index contributed by atoms with van der Waals surface area (Å²) in [6.45, 7) is 4.36. The van der Waals surface area contributed by atoms with E-state index in [0.29, 0.717) is 12.2 Å². The number of hydrogen-bond donors (Lipinski definition) is 1. The molecule has 1 rings (SSSR count). The molecule has 0 aliphatic rings. The minimum absolute atomic E-state index is 0.241. The number of nitrogens with one attached hydrogen (secondary N) is 1. The first kappa shape index (κ1) is 15.4. The van der Waals surface area contributed by atoms with Crippen LogP contribution in [0.1, 0.15) is 13.8 Å². The second kappa shape index (κ2) is 5.98. The van der Waals surface area contributed by atoms with Gasteiger partial charge in [0.05, 0.1) is 4.92 Å². The zero-order valence-electron chi connectivity index (χ0n) is 11.1. The number of rotatable bonds is 6. The zero-order chi connectivity index (χ0) is 14.6. The van der Waals surface area contributed by atoms with E-state index in [4.69, 9.17) is 0 Å². The van der Waals surface area contributed by atoms with Crippen LogP contribution in [0.2, 0.25) is 0 Å². The summed E-state index contributed by atoms with van der Waals surface area (Å²) in [5, 5.41) is 13.9. The number of nitro groups is 1. The van der Waals surface area contributed by atoms with E-state index >= 15 is 0 Å². The van der Waals surface area contributed by atoms with Gasteiger partial charge in [-0.15, -0.1) is 0 Å². The number of benzene rings is 1. The molecule has 0 heterocycles. The van der Waals surface area contributed by atoms with Crippen LogP contribution in [0.15, 0.2) is 23.1 Å². The van der Waals surface area contributed by atoms with E-state index in [9.17, 15) is 18.5 Å². The Labute approximate surface area is 112 Å². The molecule has 1 aromatic carbocycles. The van der Waals surface area contributed by atoms with Gasteiger partial charge in [0.15, 0.2) is 4.90 Å². The highest BCUT2D eigenvalue weighted by Crippen LogP contribution is 2.29. The van der Waals surface area contributed by atoms with Gasteiger partial charge in [0, 0.05) is 31.9 Å². The molecule has 0 amide bonds. The lowest BCUT2D eigenvalue weighted by atomic mass is 10.3. The Morgan fingerprint density at radius 1 is 1.37 bits per heavy atom. The number of hydrogen-bond acceptors (Lipinski definition) is 5. The summed E-state index contributed by atoms with van der Waals surface area (Å²) in [6, 6.07) is 3.99. The number of sulfonamides is 1. The van der Waals surface area contributed by atoms with Crippen LogP contribution >= 0.6 is 0 Å². The van der Waals surface area contributed by atoms with E-state index in [-0.39, 0.29) is 11.4 Å². The molecule has 0 fully saturated rings. The molecular formula is C11H17N3O4S. The number of nitrogens with zero attached hydrogens (tertiary/aromatic N) is 2. The van der Waals surface area contributed by atoms with Crippen LogP contribution in [0, 0.1) is 10.1 Å². The lowest BCUT2D eigenvalue weighted by Gasteiger charge is -2.15. The molecule has 7 nitrogen and oxygen atoms in total. The number of nitro benzene ring substituents is 1. The molecule has 0 aliphatic carbocycles. The highest BCUT2D eigenvalue weighted by atomic mass is 32.2. The van der Waals surface area contributed by atoms with Crippen molar-refractivity contribution in [2.45, 2.75) is 18.7 Å². The average Bonchev–Trinajstić information content (AvgIpc) is 2.37. The summed E-state index contributed by atoms with van der Waals surface area (Å²) < 4.78 is 25.6. The van der Waals surface area contributed by atoms with Crippen molar-refractivity contribution in [1.29, 1.82) is 0 Å². The smallest absolute Gasteiger partial charge is 0.289 e. The fourth-order valence-corrected chi connectivity index (χ4v) is 2.88. The van der Waals surface area contributed by atoms with Crippen LogP contribution < -0.4 is 5.32 Å². The maximum Gasteiger partial charge on any atom is 0.289 e. The Hall–Kier alpha value is -1.67. The van der Waals surface area contributed by atoms with Gasteiger partial charge in [-0.1, -0.05) is 6.92 Å². The first-order chi connectivity index (χ1) is 8.84. The van der Waals surface area contributed by atoms with Gasteiger partial charge in [0.2, 0.25) is 10.0 Å². The minimum Gasteiger partial charge on any atom is -0.385 e. The molecule has 0 aromatic heterocycles. The summed E-state index contributed by atoms with van der Waals surface area (Å²) in [4.78, 5) is 9.97. The predicted octanol–water partition coefficient (Wildman–Crippen LogP) is 1.67. The lowest BCUT2D eigenvalue weighted by Crippen LogP contribution is -2.27. The van der Waals surface area contributed by atoms with Gasteiger partial charge in [-0.3, -0.25) is 10.1 Å². The highest BCUT2D eigenvalue weighted by Gasteiger charge is 2.29. The van der Waals surface area contributed by atoms with Crippen molar-refractivity contribution in [2.75, 3.05) is 25.5 Å². The van der Waals surface area contributed by atoms with E-state index in [2.05, 4.69) is 5.32 Å². The van der Waals surface area contributed by atoms with Crippen LogP contribution in [0.5, 0.6) is 0 Å². The van der Waals surface area contributed by atoms with Crippen LogP contribution in [-0.2, 0) is 10.0 Å². The van der Waals surface area contributed by atoms with Crippen LogP contribution in [0.4, 0.5) is 11.4 Å². The standard InChI is InChI=1S/C11H17N3O4S/c1-4-12-9-6-7-10(14(15)16)11(8-9)19(17,18)13(3)5-2/h6-8,12H,4-5H2,1-3H3. The monoisotopic (exact) mass is 287 g/mol. The maximum atomic E-state index is 12.2. The van der Waals surface area contributed by atoms with Crippen LogP contribution in [-0.4, -0.2) is 37.8 Å². The quantitative estimate of drug-likeness (QED) is 0.634. The highest BCUT2D eigenvalue weighted by molar-refractivity contribution is 7.89. The molecule has 0 unspecified atom stereocenters. The van der Waals surface area contributed by atoms with E-state index in [0.717, 1.165) is 4.31 Å². The summed E-state index contributed by atoms with van der Waals surface area (Å²) in [5.41, 5.74) is 0.123. The van der Waals surface area contributed by atoms with E-state index in [1.165, 1.54) is 25.2 Å². The Morgan fingerprint density at radius 3 is 2.47 bits per heavy atom. The van der Waals surface area contributed by atoms with Crippen molar-refractivity contribution in [1.82, 2.24) is 4.31 Å². The second-order valence-electron chi connectivity index (χ2n) is 3.89. The van der Waals surface area contributed by atoms with Crippen molar-refractivity contribution in [3.8, 4) is 0 Å². The van der Waals surface area contributed by atoms with Gasteiger partial charge in [-0.05, 0) is 19.1 Å². The van der Waals surface area contributed by atoms with Gasteiger partial charge in [-0.25, -0.2) is 12.7 Å². The fourth-order valence-electron chi connectivity index (χ4n) is 1.52. The SMILES string of the molecule is CCNc1ccc([N+](=O)[O-])c(S(=O)(=O)N(C)CC)c1. The molecule has 0 aliphatic heterocycles. The maximum absolute atomic E-state index is 12.2. The first-order valence-electron chi connectivity index (χ1n) is 5.83. The fraction of sp³-hybridized carbons (Fsp3) is 0.455. The van der Waals surface area contributed by atoms with Crippen molar-refractivity contribution in [3.63, 3.8) is 0 Å². The Balaban J connectivity index is 3.45. The molecule has 1 N–H and O–H groups in total. The third-order valence-electron chi connectivity index (χ3n) is 2.67. The number of anilines is 1. The predicted molar refractivity (Wildman–Crippen MR) is 72.7 cm³/mol. The molecule has 0 saturated carbocycles. The summed E-state index contributed by atoms with van der Waals surface area (Å²) >= 11 is 0. The van der Waals surface area contributed by atoms with Gasteiger partial charge in [0.1, 0.15) is 0 Å². The lowest BCUT2D eigenvalue weighted by molar-refractivity contribution is -0.387. The Bertz CT molecular complexity index is 571. The molecule has 1 aromatic rings. The summed E-state index contributed by atoms with van der Waals surface area (Å²) in [7, 11) is -2.47. The van der Waals surface area contributed by atoms with Gasteiger partial charge in [0.25, 0.3) is 5.69 Å². The molecule has 0 spiro atoms. The molecule has 0 radical (unpaired) electrons. The topological polar surface area (TPSA) is 92.5 Å². The van der Waals surface area contributed by atoms with Crippen LogP contribution in [0.25, 0.3) is 0 Å². The summed E-state index contributed by atoms with van der Waals surface area (Å²) in [6.07, 6.45) is 0. The molecule has 0 bridgehead atoms. The van der Waals surface area contributed by atoms with Gasteiger partial charge >= 0.3 is 0 Å². The normalized spacial score (nSPS) is 11.6. The van der Waals surface area contributed by atoms with Crippen molar-refractivity contribution in [3.05, 3.63) is 28.3 Å². The van der Waals surface area contributed by atoms with Crippen LogP contribution in [0.3, 0.4) is 0 Å². The minimum atomic E-state index is -3.85. The zero-order valence-corrected chi connectivity index (χ0v) is 11.9. The van der Waals surface area contributed by atoms with E-state index in [1.807, 2.05) is 6.92 Å². The second-order valence-corrected chi connectivity index (χ2v) is 5.90. The van der Waals surface area contributed by atoms with Crippen molar-refractivity contribution in [2.24, 2.45) is 0 Å². The first-order valence-corrected chi connectivity index (χ1v) is 7.27. The molecule has 0 atom stereocenters. The van der Waals surface area contributed by atoms with Crippen molar-refractivity contribution >= 4 is 21.4 Å². The Kier molecular flexibility index (Phi) is 4.84. The molecule has 19 heavy (non-hydrogen) atoms. The van der Waals surface area contributed by atoms with E-state index < -0.39 is 20.6 Å². The Morgan fingerprint density at radius 2 is 2.00 bits per heavy atom. The van der Waals surface area contributed by atoms with Gasteiger partial charge < -0.3 is 5.32 Å². The average molecular weight is 287 g/mol. The largest absolute Gasteiger partial charge is 0.385 e. The third-order valence-corrected chi connectivity index (χ3v) is 4.63. The molecule has 0 saturated heterocycles. The molecule has 8 heteroatoms. The summed E-state index contributed by atoms with van der Waals surface area (Å²) in [5.74, 6) is 0. The van der Waals surface area contributed by atoms with Gasteiger partial charge in [-0.2, -0.15) is 0 Å².